The van der Waals surface area contributed by atoms with Crippen molar-refractivity contribution in [3.05, 3.63) is 39.2 Å². The first-order valence-electron chi connectivity index (χ1n) is 6.74. The van der Waals surface area contributed by atoms with Gasteiger partial charge in [-0.1, -0.05) is 23.7 Å². The van der Waals surface area contributed by atoms with Crippen LogP contribution in [0.25, 0.3) is 11.3 Å². The van der Waals surface area contributed by atoms with Gasteiger partial charge in [0.25, 0.3) is 0 Å². The third-order valence-corrected chi connectivity index (χ3v) is 4.46. The third-order valence-electron chi connectivity index (χ3n) is 3.05. The summed E-state index contributed by atoms with van der Waals surface area (Å²) >= 11 is 7.50. The summed E-state index contributed by atoms with van der Waals surface area (Å²) in [6.45, 7) is 4.31. The summed E-state index contributed by atoms with van der Waals surface area (Å²) in [6.07, 6.45) is 0.332. The predicted octanol–water partition coefficient (Wildman–Crippen LogP) is 3.30. The van der Waals surface area contributed by atoms with Gasteiger partial charge in [-0.15, -0.1) is 11.3 Å². The Kier molecular flexibility index (Phi) is 5.33. The normalized spacial score (nSPS) is 12.2. The molecule has 2 aromatic rings. The van der Waals surface area contributed by atoms with E-state index in [0.717, 1.165) is 21.1 Å². The lowest BCUT2D eigenvalue weighted by Crippen LogP contribution is -2.28. The number of thiazole rings is 1. The summed E-state index contributed by atoms with van der Waals surface area (Å²) in [4.78, 5) is 17.4. The zero-order chi connectivity index (χ0) is 15.4. The lowest BCUT2D eigenvalue weighted by molar-refractivity contribution is -0.121. The van der Waals surface area contributed by atoms with E-state index < -0.39 is 0 Å². The standard InChI is InChI=1S/C15H18ClN3OS/c1-9(18-13(20)7-8-17)15-19-14(10(2)21-15)11-3-5-12(16)6-4-11/h3-6,9H,7-8,17H2,1-2H3,(H,18,20). The number of carbonyl (C=O) groups excluding carboxylic acids is 1. The number of hydrogen-bond acceptors (Lipinski definition) is 4. The number of aryl methyl sites for hydroxylation is 1. The summed E-state index contributed by atoms with van der Waals surface area (Å²) < 4.78 is 0. The van der Waals surface area contributed by atoms with Crippen molar-refractivity contribution in [2.24, 2.45) is 5.73 Å². The molecule has 1 atom stereocenters. The van der Waals surface area contributed by atoms with E-state index in [1.165, 1.54) is 0 Å². The van der Waals surface area contributed by atoms with Crippen LogP contribution in [-0.2, 0) is 4.79 Å². The maximum absolute atomic E-state index is 11.6. The minimum absolute atomic E-state index is 0.0501. The molecule has 1 amide bonds. The minimum Gasteiger partial charge on any atom is -0.347 e. The first-order chi connectivity index (χ1) is 10.0. The number of rotatable bonds is 5. The molecule has 0 radical (unpaired) electrons. The highest BCUT2D eigenvalue weighted by atomic mass is 35.5. The first-order valence-corrected chi connectivity index (χ1v) is 7.93. The van der Waals surface area contributed by atoms with Crippen LogP contribution in [0.2, 0.25) is 5.02 Å². The number of aromatic nitrogens is 1. The van der Waals surface area contributed by atoms with Gasteiger partial charge in [0.15, 0.2) is 0 Å². The second-order valence-electron chi connectivity index (χ2n) is 4.79. The maximum atomic E-state index is 11.6. The summed E-state index contributed by atoms with van der Waals surface area (Å²) in [7, 11) is 0. The average molecular weight is 324 g/mol. The Morgan fingerprint density at radius 3 is 2.71 bits per heavy atom. The van der Waals surface area contributed by atoms with Crippen LogP contribution in [0.15, 0.2) is 24.3 Å². The lowest BCUT2D eigenvalue weighted by Gasteiger charge is -2.10. The lowest BCUT2D eigenvalue weighted by atomic mass is 10.1. The topological polar surface area (TPSA) is 68.0 Å². The predicted molar refractivity (Wildman–Crippen MR) is 87.5 cm³/mol. The summed E-state index contributed by atoms with van der Waals surface area (Å²) in [5, 5.41) is 4.50. The highest BCUT2D eigenvalue weighted by Crippen LogP contribution is 2.31. The van der Waals surface area contributed by atoms with Gasteiger partial charge in [0.1, 0.15) is 5.01 Å². The second kappa shape index (κ2) is 7.02. The van der Waals surface area contributed by atoms with Crippen LogP contribution in [-0.4, -0.2) is 17.4 Å². The molecule has 1 unspecified atom stereocenters. The number of carbonyl (C=O) groups is 1. The molecular weight excluding hydrogens is 306 g/mol. The van der Waals surface area contributed by atoms with Crippen molar-refractivity contribution >= 4 is 28.8 Å². The molecule has 6 heteroatoms. The Labute approximate surface area is 133 Å². The van der Waals surface area contributed by atoms with E-state index in [2.05, 4.69) is 10.3 Å². The highest BCUT2D eigenvalue weighted by Gasteiger charge is 2.16. The van der Waals surface area contributed by atoms with Crippen molar-refractivity contribution in [2.45, 2.75) is 26.3 Å². The molecule has 0 spiro atoms. The first kappa shape index (κ1) is 15.9. The fraction of sp³-hybridized carbons (Fsp3) is 0.333. The van der Waals surface area contributed by atoms with E-state index in [-0.39, 0.29) is 11.9 Å². The molecule has 1 aromatic heterocycles. The molecular formula is C15H18ClN3OS. The van der Waals surface area contributed by atoms with Gasteiger partial charge in [0, 0.05) is 28.4 Å². The van der Waals surface area contributed by atoms with Gasteiger partial charge in [0.2, 0.25) is 5.91 Å². The molecule has 3 N–H and O–H groups in total. The monoisotopic (exact) mass is 323 g/mol. The molecule has 0 fully saturated rings. The largest absolute Gasteiger partial charge is 0.347 e. The van der Waals surface area contributed by atoms with Gasteiger partial charge in [-0.05, 0) is 26.0 Å². The Bertz CT molecular complexity index is 624. The summed E-state index contributed by atoms with van der Waals surface area (Å²) in [5.74, 6) is -0.0501. The third kappa shape index (κ3) is 4.03. The van der Waals surface area contributed by atoms with Crippen LogP contribution in [0.3, 0.4) is 0 Å². The van der Waals surface area contributed by atoms with E-state index in [1.54, 1.807) is 11.3 Å². The molecule has 0 aliphatic heterocycles. The van der Waals surface area contributed by atoms with E-state index >= 15 is 0 Å². The van der Waals surface area contributed by atoms with Crippen LogP contribution >= 0.6 is 22.9 Å². The zero-order valence-corrected chi connectivity index (χ0v) is 13.6. The number of nitrogens with zero attached hydrogens (tertiary/aromatic N) is 1. The number of nitrogens with two attached hydrogens (primary N) is 1. The van der Waals surface area contributed by atoms with Gasteiger partial charge in [-0.25, -0.2) is 4.98 Å². The number of nitrogens with one attached hydrogen (secondary N) is 1. The zero-order valence-electron chi connectivity index (χ0n) is 12.0. The SMILES string of the molecule is Cc1sc(C(C)NC(=O)CCN)nc1-c1ccc(Cl)cc1. The molecule has 0 saturated carbocycles. The van der Waals surface area contributed by atoms with E-state index in [1.807, 2.05) is 38.1 Å². The Balaban J connectivity index is 2.18. The van der Waals surface area contributed by atoms with Crippen molar-refractivity contribution in [1.29, 1.82) is 0 Å². The van der Waals surface area contributed by atoms with E-state index in [4.69, 9.17) is 17.3 Å². The van der Waals surface area contributed by atoms with Crippen LogP contribution in [0, 0.1) is 6.92 Å². The Hall–Kier alpha value is -1.43. The summed E-state index contributed by atoms with van der Waals surface area (Å²) in [5.41, 5.74) is 7.34. The number of amides is 1. The molecule has 2 rings (SSSR count). The van der Waals surface area contributed by atoms with Crippen molar-refractivity contribution in [3.63, 3.8) is 0 Å². The quantitative estimate of drug-likeness (QED) is 0.887. The second-order valence-corrected chi connectivity index (χ2v) is 6.46. The Morgan fingerprint density at radius 1 is 1.43 bits per heavy atom. The Morgan fingerprint density at radius 2 is 2.10 bits per heavy atom. The molecule has 4 nitrogen and oxygen atoms in total. The van der Waals surface area contributed by atoms with Crippen LogP contribution in [0.1, 0.15) is 29.3 Å². The van der Waals surface area contributed by atoms with Crippen molar-refractivity contribution in [2.75, 3.05) is 6.54 Å². The van der Waals surface area contributed by atoms with Crippen LogP contribution < -0.4 is 11.1 Å². The number of halogens is 1. The molecule has 0 saturated heterocycles. The van der Waals surface area contributed by atoms with Gasteiger partial charge >= 0.3 is 0 Å². The minimum atomic E-state index is -0.117. The maximum Gasteiger partial charge on any atom is 0.221 e. The molecule has 0 aliphatic carbocycles. The smallest absolute Gasteiger partial charge is 0.221 e. The molecule has 0 aliphatic rings. The van der Waals surface area contributed by atoms with Crippen LogP contribution in [0.5, 0.6) is 0 Å². The number of hydrogen-bond donors (Lipinski definition) is 2. The van der Waals surface area contributed by atoms with Gasteiger partial charge in [-0.3, -0.25) is 4.79 Å². The van der Waals surface area contributed by atoms with E-state index in [0.29, 0.717) is 18.0 Å². The molecule has 1 aromatic carbocycles. The van der Waals surface area contributed by atoms with Gasteiger partial charge in [-0.2, -0.15) is 0 Å². The average Bonchev–Trinajstić information content (AvgIpc) is 2.82. The fourth-order valence-electron chi connectivity index (χ4n) is 1.98. The molecule has 21 heavy (non-hydrogen) atoms. The molecule has 112 valence electrons. The highest BCUT2D eigenvalue weighted by molar-refractivity contribution is 7.12. The molecule has 1 heterocycles. The van der Waals surface area contributed by atoms with Gasteiger partial charge < -0.3 is 11.1 Å². The van der Waals surface area contributed by atoms with Crippen molar-refractivity contribution in [1.82, 2.24) is 10.3 Å². The van der Waals surface area contributed by atoms with E-state index in [9.17, 15) is 4.79 Å². The molecule has 0 bridgehead atoms. The van der Waals surface area contributed by atoms with Crippen molar-refractivity contribution in [3.8, 4) is 11.3 Å². The van der Waals surface area contributed by atoms with Crippen molar-refractivity contribution < 1.29 is 4.79 Å². The van der Waals surface area contributed by atoms with Crippen LogP contribution in [0.4, 0.5) is 0 Å². The number of benzene rings is 1. The fourth-order valence-corrected chi connectivity index (χ4v) is 3.06. The van der Waals surface area contributed by atoms with Gasteiger partial charge in [0.05, 0.1) is 11.7 Å². The summed E-state index contributed by atoms with van der Waals surface area (Å²) in [6, 6.07) is 7.48.